The van der Waals surface area contributed by atoms with Gasteiger partial charge in [0, 0.05) is 5.38 Å². The highest BCUT2D eigenvalue weighted by Crippen LogP contribution is 2.17. The Morgan fingerprint density at radius 1 is 1.43 bits per heavy atom. The minimum atomic E-state index is -0.769. The van der Waals surface area contributed by atoms with E-state index in [1.165, 1.54) is 18.4 Å². The van der Waals surface area contributed by atoms with E-state index in [1.54, 1.807) is 19.2 Å². The summed E-state index contributed by atoms with van der Waals surface area (Å²) in [5, 5.41) is 6.96. The number of urea groups is 1. The number of carbonyl (C=O) groups excluding carboxylic acids is 3. The van der Waals surface area contributed by atoms with E-state index in [2.05, 4.69) is 20.4 Å². The van der Waals surface area contributed by atoms with Crippen molar-refractivity contribution in [2.45, 2.75) is 26.3 Å². The molecule has 1 aromatic heterocycles. The Bertz CT molecular complexity index is 529. The van der Waals surface area contributed by atoms with Gasteiger partial charge in [0.15, 0.2) is 5.13 Å². The van der Waals surface area contributed by atoms with Crippen LogP contribution in [0.3, 0.4) is 0 Å². The highest BCUT2D eigenvalue weighted by molar-refractivity contribution is 7.13. The van der Waals surface area contributed by atoms with Crippen molar-refractivity contribution in [2.24, 2.45) is 11.7 Å². The van der Waals surface area contributed by atoms with Gasteiger partial charge in [0.1, 0.15) is 6.04 Å². The van der Waals surface area contributed by atoms with Crippen molar-refractivity contribution in [3.8, 4) is 0 Å². The highest BCUT2D eigenvalue weighted by atomic mass is 32.1. The molecule has 0 fully saturated rings. The summed E-state index contributed by atoms with van der Waals surface area (Å²) in [5.41, 5.74) is 5.55. The normalized spacial score (nSPS) is 11.8. The molecule has 0 aliphatic heterocycles. The molecule has 0 aromatic carbocycles. The van der Waals surface area contributed by atoms with Crippen molar-refractivity contribution in [3.63, 3.8) is 0 Å². The maximum Gasteiger partial charge on any atom is 0.312 e. The Hall–Kier alpha value is -2.16. The molecule has 9 heteroatoms. The molecule has 116 valence electrons. The van der Waals surface area contributed by atoms with E-state index in [0.717, 1.165) is 0 Å². The maximum atomic E-state index is 12.1. The minimum Gasteiger partial charge on any atom is -0.469 e. The van der Waals surface area contributed by atoms with E-state index in [-0.39, 0.29) is 12.3 Å². The number of aromatic nitrogens is 1. The second kappa shape index (κ2) is 7.58. The molecule has 0 spiro atoms. The lowest BCUT2D eigenvalue weighted by molar-refractivity contribution is -0.139. The zero-order chi connectivity index (χ0) is 16.0. The first kappa shape index (κ1) is 16.9. The van der Waals surface area contributed by atoms with Gasteiger partial charge in [0.2, 0.25) is 5.91 Å². The average molecular weight is 314 g/mol. The first-order valence-corrected chi connectivity index (χ1v) is 7.09. The zero-order valence-corrected chi connectivity index (χ0v) is 12.8. The molecule has 21 heavy (non-hydrogen) atoms. The quantitative estimate of drug-likeness (QED) is 0.659. The van der Waals surface area contributed by atoms with Crippen LogP contribution in [0.2, 0.25) is 0 Å². The zero-order valence-electron chi connectivity index (χ0n) is 12.0. The monoisotopic (exact) mass is 314 g/mol. The van der Waals surface area contributed by atoms with E-state index in [1.807, 2.05) is 0 Å². The fourth-order valence-electron chi connectivity index (χ4n) is 1.54. The van der Waals surface area contributed by atoms with Gasteiger partial charge in [-0.15, -0.1) is 11.3 Å². The summed E-state index contributed by atoms with van der Waals surface area (Å²) in [4.78, 5) is 38.2. The Morgan fingerprint density at radius 2 is 2.10 bits per heavy atom. The van der Waals surface area contributed by atoms with Crippen LogP contribution in [0.15, 0.2) is 5.38 Å². The maximum absolute atomic E-state index is 12.1. The topological polar surface area (TPSA) is 123 Å². The molecule has 0 bridgehead atoms. The van der Waals surface area contributed by atoms with E-state index in [9.17, 15) is 14.4 Å². The first-order chi connectivity index (χ1) is 9.83. The Labute approximate surface area is 126 Å². The lowest BCUT2D eigenvalue weighted by Crippen LogP contribution is -2.49. The highest BCUT2D eigenvalue weighted by Gasteiger charge is 2.24. The van der Waals surface area contributed by atoms with Gasteiger partial charge in [-0.3, -0.25) is 9.59 Å². The number of ether oxygens (including phenoxy) is 1. The van der Waals surface area contributed by atoms with Crippen LogP contribution in [-0.4, -0.2) is 36.0 Å². The summed E-state index contributed by atoms with van der Waals surface area (Å²) < 4.78 is 4.53. The smallest absolute Gasteiger partial charge is 0.312 e. The van der Waals surface area contributed by atoms with Crippen LogP contribution in [0.1, 0.15) is 19.5 Å². The number of methoxy groups -OCH3 is 1. The fraction of sp³-hybridized carbons (Fsp3) is 0.500. The number of hydrogen-bond acceptors (Lipinski definition) is 6. The molecule has 1 heterocycles. The summed E-state index contributed by atoms with van der Waals surface area (Å²) in [6.07, 6.45) is 0.0377. The standard InChI is InChI=1S/C12H18N4O4S/c1-6(2)9(15-11(13)19)10(18)16-12-14-7(5-21-12)4-8(17)20-3/h5-6,9H,4H2,1-3H3,(H3,13,15,19)(H,14,16,18). The molecule has 1 atom stereocenters. The van der Waals surface area contributed by atoms with Crippen LogP contribution in [0.4, 0.5) is 9.93 Å². The Morgan fingerprint density at radius 3 is 2.62 bits per heavy atom. The predicted octanol–water partition coefficient (Wildman–Crippen LogP) is 0.490. The molecule has 1 unspecified atom stereocenters. The number of carbonyl (C=O) groups is 3. The van der Waals surface area contributed by atoms with Crippen molar-refractivity contribution in [2.75, 3.05) is 12.4 Å². The molecular weight excluding hydrogens is 296 g/mol. The average Bonchev–Trinajstić information content (AvgIpc) is 2.82. The van der Waals surface area contributed by atoms with Crippen molar-refractivity contribution >= 4 is 34.4 Å². The fourth-order valence-corrected chi connectivity index (χ4v) is 2.25. The van der Waals surface area contributed by atoms with Gasteiger partial charge in [0.25, 0.3) is 0 Å². The molecule has 0 radical (unpaired) electrons. The van der Waals surface area contributed by atoms with Crippen molar-refractivity contribution < 1.29 is 19.1 Å². The lowest BCUT2D eigenvalue weighted by Gasteiger charge is -2.19. The molecule has 3 amide bonds. The molecule has 1 rings (SSSR count). The molecule has 0 aliphatic rings. The summed E-state index contributed by atoms with van der Waals surface area (Å²) >= 11 is 1.18. The van der Waals surface area contributed by atoms with E-state index in [4.69, 9.17) is 5.73 Å². The summed E-state index contributed by atoms with van der Waals surface area (Å²) in [5.74, 6) is -0.955. The number of nitrogens with zero attached hydrogens (tertiary/aromatic N) is 1. The summed E-state index contributed by atoms with van der Waals surface area (Å²) in [6.45, 7) is 3.56. The molecule has 4 N–H and O–H groups in total. The van der Waals surface area contributed by atoms with Gasteiger partial charge in [-0.05, 0) is 5.92 Å². The third kappa shape index (κ3) is 5.38. The van der Waals surface area contributed by atoms with Crippen molar-refractivity contribution in [1.29, 1.82) is 0 Å². The SMILES string of the molecule is COC(=O)Cc1csc(NC(=O)C(NC(N)=O)C(C)C)n1. The van der Waals surface area contributed by atoms with Gasteiger partial charge in [-0.2, -0.15) is 0 Å². The van der Waals surface area contributed by atoms with Crippen LogP contribution in [0.25, 0.3) is 0 Å². The van der Waals surface area contributed by atoms with Crippen LogP contribution in [0.5, 0.6) is 0 Å². The second-order valence-corrected chi connectivity index (χ2v) is 5.47. The molecular formula is C12H18N4O4S. The first-order valence-electron chi connectivity index (χ1n) is 6.21. The van der Waals surface area contributed by atoms with Crippen LogP contribution >= 0.6 is 11.3 Å². The van der Waals surface area contributed by atoms with Gasteiger partial charge in [-0.1, -0.05) is 13.8 Å². The number of amides is 3. The van der Waals surface area contributed by atoms with Crippen molar-refractivity contribution in [3.05, 3.63) is 11.1 Å². The Kier molecular flexibility index (Phi) is 6.10. The van der Waals surface area contributed by atoms with E-state index < -0.39 is 23.9 Å². The predicted molar refractivity (Wildman–Crippen MR) is 77.8 cm³/mol. The number of nitrogens with two attached hydrogens (primary N) is 1. The number of esters is 1. The number of nitrogens with one attached hydrogen (secondary N) is 2. The van der Waals surface area contributed by atoms with Crippen LogP contribution in [-0.2, 0) is 20.7 Å². The third-order valence-corrected chi connectivity index (χ3v) is 3.39. The van der Waals surface area contributed by atoms with Gasteiger partial charge < -0.3 is 21.1 Å². The Balaban J connectivity index is 2.68. The second-order valence-electron chi connectivity index (χ2n) is 4.62. The summed E-state index contributed by atoms with van der Waals surface area (Å²) in [6, 6.07) is -1.52. The molecule has 8 nitrogen and oxygen atoms in total. The third-order valence-electron chi connectivity index (χ3n) is 2.58. The van der Waals surface area contributed by atoms with Crippen LogP contribution in [0, 0.1) is 5.92 Å². The van der Waals surface area contributed by atoms with Gasteiger partial charge >= 0.3 is 12.0 Å². The lowest BCUT2D eigenvalue weighted by atomic mass is 10.0. The largest absolute Gasteiger partial charge is 0.469 e. The minimum absolute atomic E-state index is 0.0377. The number of rotatable bonds is 6. The van der Waals surface area contributed by atoms with E-state index >= 15 is 0 Å². The summed E-state index contributed by atoms with van der Waals surface area (Å²) in [7, 11) is 1.29. The number of thiazole rings is 1. The van der Waals surface area contributed by atoms with E-state index in [0.29, 0.717) is 10.8 Å². The molecule has 0 aliphatic carbocycles. The number of anilines is 1. The molecule has 1 aromatic rings. The van der Waals surface area contributed by atoms with Gasteiger partial charge in [-0.25, -0.2) is 9.78 Å². The van der Waals surface area contributed by atoms with Crippen molar-refractivity contribution in [1.82, 2.24) is 10.3 Å². The number of hydrogen-bond donors (Lipinski definition) is 3. The number of primary amides is 1. The molecule has 0 saturated carbocycles. The van der Waals surface area contributed by atoms with Crippen LogP contribution < -0.4 is 16.4 Å². The molecule has 0 saturated heterocycles. The van der Waals surface area contributed by atoms with Gasteiger partial charge in [0.05, 0.1) is 19.2 Å².